The van der Waals surface area contributed by atoms with Crippen molar-refractivity contribution in [3.63, 3.8) is 0 Å². The topological polar surface area (TPSA) is 75.5 Å². The Kier molecular flexibility index (Phi) is 9.59. The van der Waals surface area contributed by atoms with E-state index in [-0.39, 0.29) is 24.5 Å². The summed E-state index contributed by atoms with van der Waals surface area (Å²) in [6.45, 7) is 6.14. The minimum Gasteiger partial charge on any atom is -0.467 e. The number of benzene rings is 1. The molecule has 2 fully saturated rings. The van der Waals surface area contributed by atoms with Gasteiger partial charge in [-0.25, -0.2) is 0 Å². The van der Waals surface area contributed by atoms with E-state index in [2.05, 4.69) is 4.90 Å². The molecule has 0 spiro atoms. The van der Waals surface area contributed by atoms with Crippen molar-refractivity contribution in [3.8, 4) is 0 Å². The Hall–Kier alpha value is -2.39. The van der Waals surface area contributed by atoms with Gasteiger partial charge in [-0.05, 0) is 55.7 Å². The number of rotatable bonds is 11. The van der Waals surface area contributed by atoms with Gasteiger partial charge < -0.3 is 23.7 Å². The van der Waals surface area contributed by atoms with Crippen LogP contribution in [0.1, 0.15) is 35.4 Å². The van der Waals surface area contributed by atoms with Crippen molar-refractivity contribution < 1.29 is 23.5 Å². The van der Waals surface area contributed by atoms with Crippen molar-refractivity contribution >= 4 is 23.4 Å². The number of ether oxygens (including phenoxy) is 2. The second-order valence-corrected chi connectivity index (χ2v) is 9.47. The molecule has 0 radical (unpaired) electrons. The first-order valence-electron chi connectivity index (χ1n) is 12.3. The fourth-order valence-corrected chi connectivity index (χ4v) is 4.61. The van der Waals surface area contributed by atoms with Gasteiger partial charge in [0.05, 0.1) is 32.1 Å². The third kappa shape index (κ3) is 7.80. The molecule has 0 aliphatic carbocycles. The van der Waals surface area contributed by atoms with Gasteiger partial charge in [-0.3, -0.25) is 14.5 Å². The van der Waals surface area contributed by atoms with Gasteiger partial charge in [-0.15, -0.1) is 0 Å². The zero-order valence-corrected chi connectivity index (χ0v) is 20.8. The molecule has 2 aliphatic rings. The molecule has 0 bridgehead atoms. The molecular formula is C26H34ClN3O5. The summed E-state index contributed by atoms with van der Waals surface area (Å²) in [6, 6.07) is 10.5. The van der Waals surface area contributed by atoms with E-state index in [0.717, 1.165) is 58.7 Å². The first kappa shape index (κ1) is 25.7. The van der Waals surface area contributed by atoms with E-state index in [1.165, 1.54) is 0 Å². The first-order chi connectivity index (χ1) is 17.1. The van der Waals surface area contributed by atoms with Crippen LogP contribution in [0.3, 0.4) is 0 Å². The lowest BCUT2D eigenvalue weighted by atomic mass is 10.2. The number of carbonyl (C=O) groups is 2. The van der Waals surface area contributed by atoms with Gasteiger partial charge >= 0.3 is 0 Å². The third-order valence-corrected chi connectivity index (χ3v) is 6.69. The Morgan fingerprint density at radius 2 is 1.86 bits per heavy atom. The highest BCUT2D eigenvalue weighted by Crippen LogP contribution is 2.17. The van der Waals surface area contributed by atoms with Crippen molar-refractivity contribution in [2.45, 2.75) is 31.9 Å². The second-order valence-electron chi connectivity index (χ2n) is 9.03. The standard InChI is InChI=1S/C26H34ClN3O5/c27-22-8-6-21(7-9-22)26(32)29(11-3-10-28-12-16-33-17-13-28)20-25(31)30(18-23-4-1-14-34-23)19-24-5-2-15-35-24/h1,4,6-9,14,24H,2-3,5,10-13,15-20H2. The predicted molar refractivity (Wildman–Crippen MR) is 132 cm³/mol. The van der Waals surface area contributed by atoms with E-state index >= 15 is 0 Å². The van der Waals surface area contributed by atoms with E-state index in [9.17, 15) is 9.59 Å². The van der Waals surface area contributed by atoms with Crippen LogP contribution in [0.2, 0.25) is 5.02 Å². The van der Waals surface area contributed by atoms with Crippen molar-refractivity contribution in [1.82, 2.24) is 14.7 Å². The highest BCUT2D eigenvalue weighted by Gasteiger charge is 2.27. The molecule has 0 saturated carbocycles. The lowest BCUT2D eigenvalue weighted by Gasteiger charge is -2.30. The summed E-state index contributed by atoms with van der Waals surface area (Å²) in [5, 5.41) is 0.567. The molecule has 3 heterocycles. The van der Waals surface area contributed by atoms with E-state index < -0.39 is 0 Å². The zero-order valence-electron chi connectivity index (χ0n) is 20.1. The SMILES string of the molecule is O=C(CN(CCCN1CCOCC1)C(=O)c1ccc(Cl)cc1)N(Cc1ccco1)CC1CCCO1. The number of nitrogens with zero attached hydrogens (tertiary/aromatic N) is 3. The first-order valence-corrected chi connectivity index (χ1v) is 12.7. The van der Waals surface area contributed by atoms with Gasteiger partial charge in [-0.2, -0.15) is 0 Å². The molecule has 2 aromatic rings. The average Bonchev–Trinajstić information content (AvgIpc) is 3.58. The third-order valence-electron chi connectivity index (χ3n) is 6.44. The van der Waals surface area contributed by atoms with Crippen LogP contribution in [0.5, 0.6) is 0 Å². The van der Waals surface area contributed by atoms with E-state index in [1.54, 1.807) is 40.3 Å². The Bertz CT molecular complexity index is 925. The lowest BCUT2D eigenvalue weighted by molar-refractivity contribution is -0.134. The molecule has 0 N–H and O–H groups in total. The summed E-state index contributed by atoms with van der Waals surface area (Å²) in [6.07, 6.45) is 4.31. The Balaban J connectivity index is 1.44. The van der Waals surface area contributed by atoms with E-state index in [0.29, 0.717) is 36.0 Å². The maximum atomic E-state index is 13.5. The number of hydrogen-bond donors (Lipinski definition) is 0. The number of hydrogen-bond acceptors (Lipinski definition) is 6. The maximum absolute atomic E-state index is 13.5. The molecule has 2 aliphatic heterocycles. The fourth-order valence-electron chi connectivity index (χ4n) is 4.48. The normalized spacial score (nSPS) is 18.5. The highest BCUT2D eigenvalue weighted by molar-refractivity contribution is 6.30. The van der Waals surface area contributed by atoms with Gasteiger partial charge in [0.2, 0.25) is 5.91 Å². The van der Waals surface area contributed by atoms with Crippen molar-refractivity contribution in [1.29, 1.82) is 0 Å². The Morgan fingerprint density at radius 1 is 1.06 bits per heavy atom. The summed E-state index contributed by atoms with van der Waals surface area (Å²) in [7, 11) is 0. The lowest BCUT2D eigenvalue weighted by Crippen LogP contribution is -2.46. The molecule has 1 aromatic carbocycles. The van der Waals surface area contributed by atoms with Gasteiger partial charge in [0.1, 0.15) is 12.3 Å². The molecule has 190 valence electrons. The monoisotopic (exact) mass is 503 g/mol. The van der Waals surface area contributed by atoms with Crippen molar-refractivity contribution in [3.05, 3.63) is 59.0 Å². The highest BCUT2D eigenvalue weighted by atomic mass is 35.5. The Morgan fingerprint density at radius 3 is 2.54 bits per heavy atom. The van der Waals surface area contributed by atoms with Crippen molar-refractivity contribution in [2.24, 2.45) is 0 Å². The quantitative estimate of drug-likeness (QED) is 0.468. The summed E-state index contributed by atoms with van der Waals surface area (Å²) in [5.74, 6) is 0.414. The number of carbonyl (C=O) groups excluding carboxylic acids is 2. The Labute approximate surface area is 211 Å². The number of morpholine rings is 1. The molecule has 9 heteroatoms. The molecule has 4 rings (SSSR count). The van der Waals surface area contributed by atoms with Gasteiger partial charge in [0, 0.05) is 49.9 Å². The smallest absolute Gasteiger partial charge is 0.254 e. The maximum Gasteiger partial charge on any atom is 0.254 e. The molecule has 1 atom stereocenters. The minimum atomic E-state index is -0.174. The van der Waals surface area contributed by atoms with Crippen LogP contribution in [-0.2, 0) is 20.8 Å². The largest absolute Gasteiger partial charge is 0.467 e. The molecule has 2 amide bonds. The van der Waals surface area contributed by atoms with Crippen LogP contribution in [0.4, 0.5) is 0 Å². The summed E-state index contributed by atoms with van der Waals surface area (Å²) in [5.41, 5.74) is 0.519. The van der Waals surface area contributed by atoms with Crippen LogP contribution in [0, 0.1) is 0 Å². The van der Waals surface area contributed by atoms with Gasteiger partial charge in [-0.1, -0.05) is 11.6 Å². The summed E-state index contributed by atoms with van der Waals surface area (Å²) in [4.78, 5) is 32.6. The van der Waals surface area contributed by atoms with E-state index in [1.807, 2.05) is 12.1 Å². The van der Waals surface area contributed by atoms with E-state index in [4.69, 9.17) is 25.5 Å². The molecule has 1 aromatic heterocycles. The van der Waals surface area contributed by atoms with Crippen molar-refractivity contribution in [2.75, 3.05) is 59.1 Å². The average molecular weight is 504 g/mol. The van der Waals surface area contributed by atoms with Crippen LogP contribution < -0.4 is 0 Å². The van der Waals surface area contributed by atoms with Crippen LogP contribution in [0.25, 0.3) is 0 Å². The van der Waals surface area contributed by atoms with Crippen LogP contribution in [0.15, 0.2) is 47.1 Å². The molecule has 1 unspecified atom stereocenters. The number of halogens is 1. The molecule has 35 heavy (non-hydrogen) atoms. The molecule has 2 saturated heterocycles. The summed E-state index contributed by atoms with van der Waals surface area (Å²) < 4.78 is 16.7. The van der Waals surface area contributed by atoms with Gasteiger partial charge in [0.25, 0.3) is 5.91 Å². The zero-order chi connectivity index (χ0) is 24.5. The fraction of sp³-hybridized carbons (Fsp3) is 0.538. The minimum absolute atomic E-state index is 0.00198. The molecular weight excluding hydrogens is 470 g/mol. The molecule has 8 nitrogen and oxygen atoms in total. The number of furan rings is 1. The predicted octanol–water partition coefficient (Wildman–Crippen LogP) is 3.31. The van der Waals surface area contributed by atoms with Crippen LogP contribution >= 0.6 is 11.6 Å². The van der Waals surface area contributed by atoms with Gasteiger partial charge in [0.15, 0.2) is 0 Å². The van der Waals surface area contributed by atoms with Crippen LogP contribution in [-0.4, -0.2) is 91.7 Å². The second kappa shape index (κ2) is 13.1. The summed E-state index contributed by atoms with van der Waals surface area (Å²) >= 11 is 6.02. The number of amides is 2.